The van der Waals surface area contributed by atoms with Crippen LogP contribution in [0.5, 0.6) is 0 Å². The third-order valence-electron chi connectivity index (χ3n) is 1.74. The lowest BCUT2D eigenvalue weighted by Crippen LogP contribution is -2.16. The Morgan fingerprint density at radius 3 is 3.07 bits per heavy atom. The van der Waals surface area contributed by atoms with Gasteiger partial charge in [0.1, 0.15) is 4.70 Å². The van der Waals surface area contributed by atoms with Gasteiger partial charge in [-0.05, 0) is 25.3 Å². The Morgan fingerprint density at radius 1 is 1.57 bits per heavy atom. The molecule has 14 heavy (non-hydrogen) atoms. The third-order valence-corrected chi connectivity index (χ3v) is 2.64. The van der Waals surface area contributed by atoms with Gasteiger partial charge in [0.15, 0.2) is 0 Å². The van der Waals surface area contributed by atoms with E-state index in [2.05, 4.69) is 15.3 Å². The monoisotopic (exact) mass is 209 g/mol. The SMILES string of the molecule is CC(C)Nc1nc2ccsc2c(=O)[nH]1. The van der Waals surface area contributed by atoms with Crippen LogP contribution in [0.2, 0.25) is 0 Å². The summed E-state index contributed by atoms with van der Waals surface area (Å²) in [6, 6.07) is 2.11. The van der Waals surface area contributed by atoms with Crippen molar-refractivity contribution in [3.63, 3.8) is 0 Å². The van der Waals surface area contributed by atoms with Crippen molar-refractivity contribution in [1.29, 1.82) is 0 Å². The first kappa shape index (κ1) is 9.21. The molecular weight excluding hydrogens is 198 g/mol. The smallest absolute Gasteiger partial charge is 0.270 e. The number of aromatic nitrogens is 2. The second-order valence-corrected chi connectivity index (χ2v) is 4.26. The molecule has 0 aliphatic carbocycles. The van der Waals surface area contributed by atoms with Gasteiger partial charge in [-0.1, -0.05) is 0 Å². The lowest BCUT2D eigenvalue weighted by Gasteiger charge is -2.07. The fourth-order valence-corrected chi connectivity index (χ4v) is 1.94. The number of fused-ring (bicyclic) bond motifs is 1. The van der Waals surface area contributed by atoms with Gasteiger partial charge < -0.3 is 5.32 Å². The van der Waals surface area contributed by atoms with Crippen molar-refractivity contribution < 1.29 is 0 Å². The highest BCUT2D eigenvalue weighted by molar-refractivity contribution is 7.17. The van der Waals surface area contributed by atoms with Gasteiger partial charge in [0.2, 0.25) is 5.95 Å². The molecule has 0 fully saturated rings. The van der Waals surface area contributed by atoms with Crippen molar-refractivity contribution in [3.8, 4) is 0 Å². The van der Waals surface area contributed by atoms with Gasteiger partial charge in [-0.15, -0.1) is 11.3 Å². The molecule has 2 aromatic heterocycles. The maximum absolute atomic E-state index is 11.5. The highest BCUT2D eigenvalue weighted by Crippen LogP contribution is 2.14. The number of rotatable bonds is 2. The minimum atomic E-state index is -0.0758. The van der Waals surface area contributed by atoms with Crippen molar-refractivity contribution >= 4 is 27.5 Å². The maximum Gasteiger partial charge on any atom is 0.270 e. The molecule has 0 aliphatic heterocycles. The van der Waals surface area contributed by atoms with E-state index in [-0.39, 0.29) is 11.6 Å². The predicted octanol–water partition coefficient (Wildman–Crippen LogP) is 1.80. The van der Waals surface area contributed by atoms with Gasteiger partial charge >= 0.3 is 0 Å². The molecule has 0 atom stereocenters. The van der Waals surface area contributed by atoms with Crippen LogP contribution in [0.4, 0.5) is 5.95 Å². The van der Waals surface area contributed by atoms with Crippen molar-refractivity contribution in [1.82, 2.24) is 9.97 Å². The highest BCUT2D eigenvalue weighted by Gasteiger charge is 2.04. The summed E-state index contributed by atoms with van der Waals surface area (Å²) in [5, 5.41) is 4.93. The number of H-pyrrole nitrogens is 1. The first-order chi connectivity index (χ1) is 6.66. The Kier molecular flexibility index (Phi) is 2.25. The predicted molar refractivity (Wildman–Crippen MR) is 59.0 cm³/mol. The summed E-state index contributed by atoms with van der Waals surface area (Å²) >= 11 is 1.41. The van der Waals surface area contributed by atoms with Crippen molar-refractivity contribution in [3.05, 3.63) is 21.8 Å². The highest BCUT2D eigenvalue weighted by atomic mass is 32.1. The molecule has 2 heterocycles. The minimum Gasteiger partial charge on any atom is -0.354 e. The summed E-state index contributed by atoms with van der Waals surface area (Å²) < 4.78 is 0.680. The molecule has 5 heteroatoms. The van der Waals surface area contributed by atoms with E-state index < -0.39 is 0 Å². The van der Waals surface area contributed by atoms with E-state index in [0.29, 0.717) is 10.6 Å². The van der Waals surface area contributed by atoms with Gasteiger partial charge in [0.25, 0.3) is 5.56 Å². The molecule has 0 unspecified atom stereocenters. The van der Waals surface area contributed by atoms with Crippen LogP contribution in [0.3, 0.4) is 0 Å². The van der Waals surface area contributed by atoms with Gasteiger partial charge in [-0.2, -0.15) is 0 Å². The number of hydrogen-bond acceptors (Lipinski definition) is 4. The quantitative estimate of drug-likeness (QED) is 0.793. The molecule has 0 bridgehead atoms. The molecular formula is C9H11N3OS. The van der Waals surface area contributed by atoms with E-state index >= 15 is 0 Å². The van der Waals surface area contributed by atoms with Gasteiger partial charge in [0, 0.05) is 6.04 Å². The summed E-state index contributed by atoms with van der Waals surface area (Å²) in [7, 11) is 0. The molecule has 0 aromatic carbocycles. The van der Waals surface area contributed by atoms with Crippen LogP contribution in [0.25, 0.3) is 10.2 Å². The molecule has 0 amide bonds. The van der Waals surface area contributed by atoms with Gasteiger partial charge in [-0.25, -0.2) is 4.98 Å². The van der Waals surface area contributed by atoms with E-state index in [0.717, 1.165) is 5.52 Å². The molecule has 2 rings (SSSR count). The van der Waals surface area contributed by atoms with E-state index in [1.807, 2.05) is 25.3 Å². The molecule has 0 saturated carbocycles. The molecule has 2 aromatic rings. The fourth-order valence-electron chi connectivity index (χ4n) is 1.21. The number of thiophene rings is 1. The summed E-state index contributed by atoms with van der Waals surface area (Å²) in [6.07, 6.45) is 0. The Bertz CT molecular complexity index is 500. The number of aromatic amines is 1. The van der Waals surface area contributed by atoms with E-state index in [1.165, 1.54) is 11.3 Å². The van der Waals surface area contributed by atoms with Crippen LogP contribution in [-0.2, 0) is 0 Å². The maximum atomic E-state index is 11.5. The van der Waals surface area contributed by atoms with Gasteiger partial charge in [-0.3, -0.25) is 9.78 Å². The Morgan fingerprint density at radius 2 is 2.36 bits per heavy atom. The molecule has 0 aliphatic rings. The summed E-state index contributed by atoms with van der Waals surface area (Å²) in [5.74, 6) is 0.538. The molecule has 0 radical (unpaired) electrons. The van der Waals surface area contributed by atoms with Crippen LogP contribution >= 0.6 is 11.3 Å². The normalized spacial score (nSPS) is 11.1. The molecule has 0 saturated heterocycles. The first-order valence-electron chi connectivity index (χ1n) is 4.41. The number of nitrogens with one attached hydrogen (secondary N) is 2. The number of nitrogens with zero attached hydrogens (tertiary/aromatic N) is 1. The summed E-state index contributed by atoms with van der Waals surface area (Å²) in [4.78, 5) is 18.5. The average molecular weight is 209 g/mol. The lowest BCUT2D eigenvalue weighted by molar-refractivity contribution is 0.875. The van der Waals surface area contributed by atoms with Crippen LogP contribution in [0.15, 0.2) is 16.2 Å². The van der Waals surface area contributed by atoms with Crippen LogP contribution < -0.4 is 10.9 Å². The average Bonchev–Trinajstić information content (AvgIpc) is 2.50. The Hall–Kier alpha value is -1.36. The van der Waals surface area contributed by atoms with Gasteiger partial charge in [0.05, 0.1) is 5.52 Å². The van der Waals surface area contributed by atoms with Crippen LogP contribution in [-0.4, -0.2) is 16.0 Å². The lowest BCUT2D eigenvalue weighted by atomic mass is 10.4. The Labute approximate surface area is 85.0 Å². The zero-order valence-electron chi connectivity index (χ0n) is 8.00. The van der Waals surface area contributed by atoms with E-state index in [1.54, 1.807) is 0 Å². The standard InChI is InChI=1S/C9H11N3OS/c1-5(2)10-9-11-6-3-4-14-7(6)8(13)12-9/h3-5H,1-2H3,(H2,10,11,12,13). The van der Waals surface area contributed by atoms with Crippen molar-refractivity contribution in [2.24, 2.45) is 0 Å². The fraction of sp³-hybridized carbons (Fsp3) is 0.333. The largest absolute Gasteiger partial charge is 0.354 e. The Balaban J connectivity index is 2.53. The molecule has 0 spiro atoms. The zero-order valence-corrected chi connectivity index (χ0v) is 8.81. The van der Waals surface area contributed by atoms with Crippen LogP contribution in [0.1, 0.15) is 13.8 Å². The van der Waals surface area contributed by atoms with Crippen molar-refractivity contribution in [2.75, 3.05) is 5.32 Å². The third kappa shape index (κ3) is 1.63. The van der Waals surface area contributed by atoms with E-state index in [9.17, 15) is 4.79 Å². The molecule has 2 N–H and O–H groups in total. The number of hydrogen-bond donors (Lipinski definition) is 2. The van der Waals surface area contributed by atoms with E-state index in [4.69, 9.17) is 0 Å². The first-order valence-corrected chi connectivity index (χ1v) is 5.29. The second-order valence-electron chi connectivity index (χ2n) is 3.35. The number of anilines is 1. The minimum absolute atomic E-state index is 0.0758. The second kappa shape index (κ2) is 3.42. The summed E-state index contributed by atoms with van der Waals surface area (Å²) in [5.41, 5.74) is 0.676. The van der Waals surface area contributed by atoms with Crippen LogP contribution in [0, 0.1) is 0 Å². The van der Waals surface area contributed by atoms with Crippen molar-refractivity contribution in [2.45, 2.75) is 19.9 Å². The molecule has 4 nitrogen and oxygen atoms in total. The topological polar surface area (TPSA) is 57.8 Å². The summed E-state index contributed by atoms with van der Waals surface area (Å²) in [6.45, 7) is 4.00. The molecule has 74 valence electrons. The zero-order chi connectivity index (χ0) is 10.1.